The molecule has 10 heteroatoms. The van der Waals surface area contributed by atoms with E-state index in [1.165, 1.54) is 12.4 Å². The molecular formula is C25H23F2N7O. The van der Waals surface area contributed by atoms with Crippen molar-refractivity contribution in [1.29, 1.82) is 0 Å². The van der Waals surface area contributed by atoms with Crippen molar-refractivity contribution in [2.24, 2.45) is 4.99 Å². The molecule has 2 atom stereocenters. The van der Waals surface area contributed by atoms with Gasteiger partial charge in [0.15, 0.2) is 0 Å². The Hall–Kier alpha value is -3.79. The van der Waals surface area contributed by atoms with Gasteiger partial charge in [0, 0.05) is 48.9 Å². The third-order valence-corrected chi connectivity index (χ3v) is 6.69. The van der Waals surface area contributed by atoms with Crippen LogP contribution in [0.3, 0.4) is 0 Å². The summed E-state index contributed by atoms with van der Waals surface area (Å²) < 4.78 is 27.2. The summed E-state index contributed by atoms with van der Waals surface area (Å²) in [6, 6.07) is 8.13. The molecule has 2 aliphatic heterocycles. The Kier molecular flexibility index (Phi) is 5.06. The van der Waals surface area contributed by atoms with Crippen LogP contribution in [0.25, 0.3) is 11.1 Å². The van der Waals surface area contributed by atoms with Crippen molar-refractivity contribution in [2.45, 2.75) is 37.3 Å². The van der Waals surface area contributed by atoms with Gasteiger partial charge in [0.1, 0.15) is 5.71 Å². The number of benzene rings is 1. The molecule has 4 heterocycles. The number of anilines is 2. The molecule has 1 aromatic carbocycles. The van der Waals surface area contributed by atoms with Gasteiger partial charge in [-0.05, 0) is 35.2 Å². The van der Waals surface area contributed by atoms with Crippen LogP contribution in [-0.2, 0) is 11.3 Å². The summed E-state index contributed by atoms with van der Waals surface area (Å²) in [6.45, 7) is 0.559. The van der Waals surface area contributed by atoms with E-state index in [2.05, 4.69) is 26.3 Å². The Bertz CT molecular complexity index is 1340. The van der Waals surface area contributed by atoms with Crippen LogP contribution < -0.4 is 11.1 Å². The van der Waals surface area contributed by atoms with E-state index in [0.29, 0.717) is 30.4 Å². The van der Waals surface area contributed by atoms with Gasteiger partial charge in [-0.15, -0.1) is 0 Å². The summed E-state index contributed by atoms with van der Waals surface area (Å²) >= 11 is 0. The first-order valence-corrected chi connectivity index (χ1v) is 11.5. The van der Waals surface area contributed by atoms with E-state index in [4.69, 9.17) is 10.7 Å². The second kappa shape index (κ2) is 8.16. The number of rotatable bonds is 5. The van der Waals surface area contributed by atoms with Gasteiger partial charge < -0.3 is 11.1 Å². The molecule has 0 bridgehead atoms. The molecule has 6 rings (SSSR count). The number of nitrogens with two attached hydrogens (primary N) is 1. The first-order valence-electron chi connectivity index (χ1n) is 11.5. The van der Waals surface area contributed by atoms with E-state index < -0.39 is 5.92 Å². The fraction of sp³-hybridized carbons (Fsp3) is 0.320. The number of carbonyl (C=O) groups is 1. The topological polar surface area (TPSA) is 109 Å². The first kappa shape index (κ1) is 21.7. The van der Waals surface area contributed by atoms with E-state index >= 15 is 0 Å². The fourth-order valence-electron chi connectivity index (χ4n) is 4.86. The van der Waals surface area contributed by atoms with Gasteiger partial charge in [-0.1, -0.05) is 12.1 Å². The maximum absolute atomic E-state index is 13.6. The number of nitrogen functional groups attached to an aromatic ring is 1. The quantitative estimate of drug-likeness (QED) is 0.586. The molecule has 1 saturated heterocycles. The number of alkyl halides is 2. The Morgan fingerprint density at radius 2 is 1.97 bits per heavy atom. The van der Waals surface area contributed by atoms with Crippen molar-refractivity contribution < 1.29 is 13.6 Å². The minimum absolute atomic E-state index is 0.111. The number of aromatic nitrogens is 3. The van der Waals surface area contributed by atoms with Gasteiger partial charge in [0.05, 0.1) is 30.7 Å². The van der Waals surface area contributed by atoms with Crippen LogP contribution in [0.4, 0.5) is 20.4 Å². The Labute approximate surface area is 200 Å². The fourth-order valence-corrected chi connectivity index (χ4v) is 4.86. The maximum Gasteiger partial charge on any atom is 0.274 e. The van der Waals surface area contributed by atoms with Crippen LogP contribution in [0.1, 0.15) is 35.4 Å². The van der Waals surface area contributed by atoms with Crippen LogP contribution in [0.2, 0.25) is 0 Å². The highest BCUT2D eigenvalue weighted by atomic mass is 19.3. The predicted octanol–water partition coefficient (Wildman–Crippen LogP) is 3.26. The highest BCUT2D eigenvalue weighted by Crippen LogP contribution is 2.48. The van der Waals surface area contributed by atoms with Crippen LogP contribution in [-0.4, -0.2) is 56.5 Å². The summed E-state index contributed by atoms with van der Waals surface area (Å²) in [6.07, 6.45) is 7.17. The molecule has 178 valence electrons. The zero-order chi connectivity index (χ0) is 24.2. The van der Waals surface area contributed by atoms with E-state index in [1.807, 2.05) is 18.2 Å². The van der Waals surface area contributed by atoms with Crippen LogP contribution >= 0.6 is 0 Å². The lowest BCUT2D eigenvalue weighted by Crippen LogP contribution is -2.27. The molecule has 2 aromatic heterocycles. The number of nitrogens with one attached hydrogen (secondary N) is 1. The number of carbonyl (C=O) groups excluding carboxylic acids is 1. The van der Waals surface area contributed by atoms with E-state index in [-0.39, 0.29) is 30.9 Å². The average molecular weight is 476 g/mol. The second-order valence-corrected chi connectivity index (χ2v) is 9.37. The largest absolute Gasteiger partial charge is 0.368 e. The molecular weight excluding hydrogens is 452 g/mol. The van der Waals surface area contributed by atoms with Gasteiger partial charge in [-0.25, -0.2) is 18.7 Å². The lowest BCUT2D eigenvalue weighted by atomic mass is 9.92. The molecule has 3 aliphatic rings. The number of halogens is 2. The molecule has 1 saturated carbocycles. The SMILES string of the molecule is Nc1ncc(NC(=O)C2=NC3C[C@H]3c3ccc(-c4cncc(CN5CCC(F)(F)C5)c4)cc32)cn1. The number of hydrogen-bond donors (Lipinski definition) is 2. The van der Waals surface area contributed by atoms with Crippen molar-refractivity contribution in [3.8, 4) is 11.1 Å². The lowest BCUT2D eigenvalue weighted by Gasteiger charge is -2.18. The van der Waals surface area contributed by atoms with E-state index in [0.717, 1.165) is 34.2 Å². The van der Waals surface area contributed by atoms with Crippen LogP contribution in [0.15, 0.2) is 54.0 Å². The van der Waals surface area contributed by atoms with Crippen molar-refractivity contribution in [2.75, 3.05) is 24.1 Å². The number of hydrogen-bond acceptors (Lipinski definition) is 7. The Balaban J connectivity index is 1.27. The molecule has 0 spiro atoms. The zero-order valence-corrected chi connectivity index (χ0v) is 18.8. The second-order valence-electron chi connectivity index (χ2n) is 9.37. The van der Waals surface area contributed by atoms with Crippen LogP contribution in [0.5, 0.6) is 0 Å². The molecule has 35 heavy (non-hydrogen) atoms. The first-order chi connectivity index (χ1) is 16.8. The van der Waals surface area contributed by atoms with Gasteiger partial charge in [0.25, 0.3) is 11.8 Å². The number of likely N-dealkylation sites (tertiary alicyclic amines) is 1. The number of nitrogens with zero attached hydrogens (tertiary/aromatic N) is 5. The standard InChI is InChI=1S/C25H23F2N7O/c26-25(27)3-4-34(13-25)12-14-5-16(9-29-8-14)15-1-2-18-19-7-21(19)33-22(20(18)6-15)23(35)32-17-10-30-24(28)31-11-17/h1-2,5-6,8-11,19,21H,3-4,7,12-13H2,(H,32,35)(H2,28,30,31)/t19-,21?/m0/s1. The summed E-state index contributed by atoms with van der Waals surface area (Å²) in [7, 11) is 0. The summed E-state index contributed by atoms with van der Waals surface area (Å²) in [4.78, 5) is 31.7. The minimum Gasteiger partial charge on any atom is -0.368 e. The maximum atomic E-state index is 13.6. The van der Waals surface area contributed by atoms with Crippen molar-refractivity contribution in [1.82, 2.24) is 19.9 Å². The molecule has 8 nitrogen and oxygen atoms in total. The van der Waals surface area contributed by atoms with Crippen molar-refractivity contribution >= 4 is 23.3 Å². The highest BCUT2D eigenvalue weighted by Gasteiger charge is 2.44. The molecule has 1 unspecified atom stereocenters. The van der Waals surface area contributed by atoms with Gasteiger partial charge in [-0.3, -0.25) is 19.7 Å². The van der Waals surface area contributed by atoms with E-state index in [9.17, 15) is 13.6 Å². The molecule has 1 amide bonds. The monoisotopic (exact) mass is 475 g/mol. The number of pyridine rings is 1. The molecule has 3 aromatic rings. The summed E-state index contributed by atoms with van der Waals surface area (Å²) in [5.74, 6) is -2.50. The van der Waals surface area contributed by atoms with Gasteiger partial charge in [-0.2, -0.15) is 0 Å². The average Bonchev–Trinajstić information content (AvgIpc) is 3.55. The van der Waals surface area contributed by atoms with Gasteiger partial charge >= 0.3 is 0 Å². The van der Waals surface area contributed by atoms with E-state index in [1.54, 1.807) is 17.3 Å². The Morgan fingerprint density at radius 3 is 2.74 bits per heavy atom. The third kappa shape index (κ3) is 4.37. The summed E-state index contributed by atoms with van der Waals surface area (Å²) in [5, 5.41) is 2.80. The Morgan fingerprint density at radius 1 is 1.14 bits per heavy atom. The number of amides is 1. The molecule has 1 aliphatic carbocycles. The highest BCUT2D eigenvalue weighted by molar-refractivity contribution is 6.49. The third-order valence-electron chi connectivity index (χ3n) is 6.69. The zero-order valence-electron chi connectivity index (χ0n) is 18.8. The van der Waals surface area contributed by atoms with Gasteiger partial charge in [0.2, 0.25) is 5.95 Å². The minimum atomic E-state index is -2.63. The molecule has 0 radical (unpaired) electrons. The smallest absolute Gasteiger partial charge is 0.274 e. The number of fused-ring (bicyclic) bond motifs is 3. The lowest BCUT2D eigenvalue weighted by molar-refractivity contribution is -0.110. The molecule has 2 fully saturated rings. The summed E-state index contributed by atoms with van der Waals surface area (Å²) in [5.41, 5.74) is 10.9. The van der Waals surface area contributed by atoms with Crippen molar-refractivity contribution in [3.05, 3.63) is 65.7 Å². The predicted molar refractivity (Wildman–Crippen MR) is 127 cm³/mol. The normalized spacial score (nSPS) is 22.2. The van der Waals surface area contributed by atoms with Crippen LogP contribution in [0, 0.1) is 0 Å². The number of aliphatic imine (C=N–C) groups is 1. The molecule has 3 N–H and O–H groups in total. The van der Waals surface area contributed by atoms with Crippen molar-refractivity contribution in [3.63, 3.8) is 0 Å².